The van der Waals surface area contributed by atoms with Crippen LogP contribution in [0.25, 0.3) is 0 Å². The van der Waals surface area contributed by atoms with Crippen molar-refractivity contribution in [3.63, 3.8) is 0 Å². The maximum atomic E-state index is 12.7. The summed E-state index contributed by atoms with van der Waals surface area (Å²) < 4.78 is 37.0. The number of aliphatic carboxylic acids is 1. The van der Waals surface area contributed by atoms with Crippen LogP contribution in [0, 0.1) is 6.92 Å². The average Bonchev–Trinajstić information content (AvgIpc) is 3.33. The van der Waals surface area contributed by atoms with Gasteiger partial charge in [0, 0.05) is 44.0 Å². The van der Waals surface area contributed by atoms with E-state index in [2.05, 4.69) is 4.98 Å². The molecular weight excluding hydrogens is 443 g/mol. The van der Waals surface area contributed by atoms with Gasteiger partial charge in [0.25, 0.3) is 5.91 Å². The van der Waals surface area contributed by atoms with Gasteiger partial charge < -0.3 is 19.3 Å². The van der Waals surface area contributed by atoms with E-state index >= 15 is 0 Å². The molecular formula is C22H24F3N3O5. The molecule has 0 aliphatic carbocycles. The van der Waals surface area contributed by atoms with E-state index in [-0.39, 0.29) is 17.4 Å². The molecule has 2 fully saturated rings. The zero-order valence-corrected chi connectivity index (χ0v) is 18.0. The van der Waals surface area contributed by atoms with Crippen LogP contribution in [-0.4, -0.2) is 62.5 Å². The number of hydrogen-bond donors (Lipinski definition) is 1. The minimum Gasteiger partial charge on any atom is -0.475 e. The molecule has 0 bridgehead atoms. The molecule has 0 saturated carbocycles. The van der Waals surface area contributed by atoms with E-state index in [0.717, 1.165) is 24.8 Å². The second-order valence-electron chi connectivity index (χ2n) is 8.05. The number of hydrogen-bond acceptors (Lipinski definition) is 5. The van der Waals surface area contributed by atoms with Gasteiger partial charge >= 0.3 is 12.1 Å². The number of nitrogens with zero attached hydrogens (tertiary/aromatic N) is 3. The summed E-state index contributed by atoms with van der Waals surface area (Å²) in [6.45, 7) is 3.74. The third-order valence-electron chi connectivity index (χ3n) is 6.05. The Kier molecular flexibility index (Phi) is 7.09. The van der Waals surface area contributed by atoms with Gasteiger partial charge in [-0.05, 0) is 43.9 Å². The number of alkyl halides is 3. The summed E-state index contributed by atoms with van der Waals surface area (Å²) in [7, 11) is 0. The van der Waals surface area contributed by atoms with Gasteiger partial charge in [0.15, 0.2) is 0 Å². The zero-order valence-electron chi connectivity index (χ0n) is 18.0. The van der Waals surface area contributed by atoms with Crippen molar-refractivity contribution in [2.75, 3.05) is 13.1 Å². The molecule has 2 saturated heterocycles. The van der Waals surface area contributed by atoms with E-state index in [1.54, 1.807) is 18.5 Å². The van der Waals surface area contributed by atoms with E-state index in [4.69, 9.17) is 14.3 Å². The van der Waals surface area contributed by atoms with Gasteiger partial charge in [0.2, 0.25) is 5.91 Å². The summed E-state index contributed by atoms with van der Waals surface area (Å²) in [5.41, 5.74) is 1.56. The highest BCUT2D eigenvalue weighted by atomic mass is 19.4. The number of amides is 2. The molecule has 1 N–H and O–H groups in total. The van der Waals surface area contributed by atoms with Crippen molar-refractivity contribution in [1.29, 1.82) is 0 Å². The first-order valence-electron chi connectivity index (χ1n) is 10.4. The Labute approximate surface area is 188 Å². The quantitative estimate of drug-likeness (QED) is 0.742. The third kappa shape index (κ3) is 5.52. The van der Waals surface area contributed by atoms with Crippen molar-refractivity contribution in [2.24, 2.45) is 0 Å². The highest BCUT2D eigenvalue weighted by Crippen LogP contribution is 2.40. The van der Waals surface area contributed by atoms with E-state index in [0.29, 0.717) is 37.4 Å². The number of likely N-dealkylation sites (tertiary alicyclic amines) is 2. The van der Waals surface area contributed by atoms with Gasteiger partial charge in [-0.25, -0.2) is 4.79 Å². The number of rotatable bonds is 3. The molecule has 0 aromatic carbocycles. The molecule has 0 unspecified atom stereocenters. The fourth-order valence-electron chi connectivity index (χ4n) is 4.23. The predicted octanol–water partition coefficient (Wildman–Crippen LogP) is 3.41. The number of aromatic nitrogens is 1. The number of aryl methyl sites for hydroxylation is 1. The van der Waals surface area contributed by atoms with E-state index in [9.17, 15) is 22.8 Å². The summed E-state index contributed by atoms with van der Waals surface area (Å²) in [5.74, 6) is -1.87. The lowest BCUT2D eigenvalue weighted by atomic mass is 9.84. The van der Waals surface area contributed by atoms with Crippen molar-refractivity contribution in [1.82, 2.24) is 14.8 Å². The largest absolute Gasteiger partial charge is 0.490 e. The maximum Gasteiger partial charge on any atom is 0.490 e. The van der Waals surface area contributed by atoms with Crippen LogP contribution in [0.2, 0.25) is 0 Å². The van der Waals surface area contributed by atoms with E-state index in [1.807, 2.05) is 35.1 Å². The van der Waals surface area contributed by atoms with Crippen LogP contribution >= 0.6 is 0 Å². The number of carboxylic acid groups (broad SMARTS) is 1. The molecule has 2 aliphatic heterocycles. The smallest absolute Gasteiger partial charge is 0.475 e. The van der Waals surface area contributed by atoms with E-state index in [1.165, 1.54) is 0 Å². The lowest BCUT2D eigenvalue weighted by Gasteiger charge is -2.45. The molecule has 8 nitrogen and oxygen atoms in total. The van der Waals surface area contributed by atoms with Crippen LogP contribution in [0.1, 0.15) is 47.4 Å². The zero-order chi connectivity index (χ0) is 24.2. The van der Waals surface area contributed by atoms with Gasteiger partial charge in [0.1, 0.15) is 5.76 Å². The second-order valence-corrected chi connectivity index (χ2v) is 8.05. The van der Waals surface area contributed by atoms with Gasteiger partial charge in [-0.1, -0.05) is 6.07 Å². The van der Waals surface area contributed by atoms with Crippen LogP contribution in [0.5, 0.6) is 0 Å². The van der Waals surface area contributed by atoms with Crippen LogP contribution in [0.15, 0.2) is 41.3 Å². The van der Waals surface area contributed by atoms with E-state index < -0.39 is 12.1 Å². The topological polar surface area (TPSA) is 104 Å². The summed E-state index contributed by atoms with van der Waals surface area (Å²) >= 11 is 0. The molecule has 178 valence electrons. The van der Waals surface area contributed by atoms with Gasteiger partial charge in [-0.3, -0.25) is 14.6 Å². The fraction of sp³-hybridized carbons (Fsp3) is 0.455. The first-order chi connectivity index (χ1) is 15.5. The fourth-order valence-corrected chi connectivity index (χ4v) is 4.23. The van der Waals surface area contributed by atoms with Crippen LogP contribution in [-0.2, 0) is 16.1 Å². The Hall–Kier alpha value is -3.37. The summed E-state index contributed by atoms with van der Waals surface area (Å²) in [6.07, 6.45) is 3.14. The highest BCUT2D eigenvalue weighted by molar-refractivity contribution is 5.95. The Morgan fingerprint density at radius 2 is 1.88 bits per heavy atom. The Morgan fingerprint density at radius 3 is 2.39 bits per heavy atom. The first kappa shape index (κ1) is 24.3. The number of halogens is 3. The van der Waals surface area contributed by atoms with Crippen molar-refractivity contribution < 1.29 is 37.1 Å². The van der Waals surface area contributed by atoms with Crippen LogP contribution in [0.4, 0.5) is 13.2 Å². The molecule has 2 aromatic rings. The normalized spacial score (nSPS) is 17.6. The SMILES string of the molecule is Cc1occc1C(=O)N1CCC2(CCC(=O)N2Cc2cccnc2)CC1.O=C(O)C(F)(F)F. The Morgan fingerprint density at radius 1 is 1.21 bits per heavy atom. The number of piperidine rings is 1. The van der Waals surface area contributed by atoms with Crippen LogP contribution < -0.4 is 0 Å². The molecule has 1 spiro atoms. The summed E-state index contributed by atoms with van der Waals surface area (Å²) in [6, 6.07) is 5.64. The van der Waals surface area contributed by atoms with Crippen molar-refractivity contribution >= 4 is 17.8 Å². The molecule has 2 aliphatic rings. The van der Waals surface area contributed by atoms with Gasteiger partial charge in [0.05, 0.1) is 11.8 Å². The van der Waals surface area contributed by atoms with Gasteiger partial charge in [-0.15, -0.1) is 0 Å². The lowest BCUT2D eigenvalue weighted by molar-refractivity contribution is -0.192. The number of pyridine rings is 1. The van der Waals surface area contributed by atoms with Crippen molar-refractivity contribution in [2.45, 2.75) is 50.9 Å². The standard InChI is InChI=1S/C20H23N3O3.C2HF3O2/c1-15-17(5-12-26-15)19(25)22-10-7-20(8-11-22)6-4-18(24)23(20)14-16-3-2-9-21-13-16;3-2(4,5)1(6)7/h2-3,5,9,12-13H,4,6-8,10-11,14H2,1H3;(H,6,7). The molecule has 0 atom stereocenters. The number of carbonyl (C=O) groups excluding carboxylic acids is 2. The third-order valence-corrected chi connectivity index (χ3v) is 6.05. The minimum atomic E-state index is -5.08. The lowest BCUT2D eigenvalue weighted by Crippen LogP contribution is -2.53. The average molecular weight is 467 g/mol. The van der Waals surface area contributed by atoms with Crippen molar-refractivity contribution in [3.8, 4) is 0 Å². The molecule has 33 heavy (non-hydrogen) atoms. The number of carboxylic acids is 1. The predicted molar refractivity (Wildman–Crippen MR) is 109 cm³/mol. The molecule has 0 radical (unpaired) electrons. The Balaban J connectivity index is 0.000000383. The molecule has 4 rings (SSSR count). The number of carbonyl (C=O) groups is 3. The molecule has 4 heterocycles. The van der Waals surface area contributed by atoms with Gasteiger partial charge in [-0.2, -0.15) is 13.2 Å². The highest BCUT2D eigenvalue weighted by Gasteiger charge is 2.47. The maximum absolute atomic E-state index is 12.7. The first-order valence-corrected chi connectivity index (χ1v) is 10.4. The molecule has 11 heteroatoms. The minimum absolute atomic E-state index is 0.0224. The molecule has 2 amide bonds. The monoisotopic (exact) mass is 467 g/mol. The Bertz CT molecular complexity index is 998. The summed E-state index contributed by atoms with van der Waals surface area (Å²) in [4.78, 5) is 42.2. The summed E-state index contributed by atoms with van der Waals surface area (Å²) in [5, 5.41) is 7.12. The van der Waals surface area contributed by atoms with Crippen LogP contribution in [0.3, 0.4) is 0 Å². The van der Waals surface area contributed by atoms with Crippen molar-refractivity contribution in [3.05, 3.63) is 53.7 Å². The number of furan rings is 1. The molecule has 2 aromatic heterocycles. The second kappa shape index (κ2) is 9.63.